The average molecular weight is 465 g/mol. The fraction of sp³-hybridized carbons (Fsp3) is 0.286. The molecule has 0 spiro atoms. The molecule has 6 nitrogen and oxygen atoms in total. The third-order valence-electron chi connectivity index (χ3n) is 4.25. The van der Waals surface area contributed by atoms with Gasteiger partial charge in [-0.2, -0.15) is 0 Å². The van der Waals surface area contributed by atoms with E-state index in [2.05, 4.69) is 22.4 Å². The van der Waals surface area contributed by atoms with Crippen molar-refractivity contribution in [2.75, 3.05) is 17.7 Å². The van der Waals surface area contributed by atoms with Crippen LogP contribution in [0, 0.1) is 0 Å². The largest absolute Gasteiger partial charge is 0.494 e. The van der Waals surface area contributed by atoms with Crippen molar-refractivity contribution >= 4 is 46.6 Å². The third-order valence-corrected chi connectivity index (χ3v) is 5.83. The smallest absolute Gasteiger partial charge is 0.234 e. The van der Waals surface area contributed by atoms with Gasteiger partial charge in [-0.3, -0.25) is 4.79 Å². The lowest BCUT2D eigenvalue weighted by molar-refractivity contribution is -0.113. The van der Waals surface area contributed by atoms with Gasteiger partial charge in [-0.25, -0.2) is 0 Å². The van der Waals surface area contributed by atoms with E-state index in [1.165, 1.54) is 11.8 Å². The van der Waals surface area contributed by atoms with Crippen LogP contribution in [0.5, 0.6) is 5.75 Å². The molecular weight excluding hydrogens is 443 g/mol. The quantitative estimate of drug-likeness (QED) is 0.324. The summed E-state index contributed by atoms with van der Waals surface area (Å²) in [5.74, 6) is 1.51. The highest BCUT2D eigenvalue weighted by molar-refractivity contribution is 7.99. The molecule has 9 heteroatoms. The SMILES string of the molecule is CCCCOc1ccc(-c2nnc(SCC(=O)Nc3cc(Cl)ccc3Cl)n2C)cc1. The van der Waals surface area contributed by atoms with Crippen molar-refractivity contribution in [1.29, 1.82) is 0 Å². The van der Waals surface area contributed by atoms with E-state index in [4.69, 9.17) is 27.9 Å². The summed E-state index contributed by atoms with van der Waals surface area (Å²) in [6.07, 6.45) is 2.13. The van der Waals surface area contributed by atoms with Crippen LogP contribution >= 0.6 is 35.0 Å². The monoisotopic (exact) mass is 464 g/mol. The molecule has 0 aliphatic rings. The number of unbranched alkanes of at least 4 members (excludes halogenated alkanes) is 1. The fourth-order valence-electron chi connectivity index (χ4n) is 2.64. The van der Waals surface area contributed by atoms with Crippen LogP contribution in [0.4, 0.5) is 5.69 Å². The summed E-state index contributed by atoms with van der Waals surface area (Å²) in [6.45, 7) is 2.84. The summed E-state index contributed by atoms with van der Waals surface area (Å²) < 4.78 is 7.55. The molecule has 1 heterocycles. The van der Waals surface area contributed by atoms with E-state index in [1.54, 1.807) is 18.2 Å². The summed E-state index contributed by atoms with van der Waals surface area (Å²) in [5.41, 5.74) is 1.41. The number of hydrogen-bond acceptors (Lipinski definition) is 5. The summed E-state index contributed by atoms with van der Waals surface area (Å²) in [7, 11) is 1.87. The second-order valence-corrected chi connectivity index (χ2v) is 8.34. The molecule has 3 aromatic rings. The van der Waals surface area contributed by atoms with Crippen LogP contribution in [0.15, 0.2) is 47.6 Å². The van der Waals surface area contributed by atoms with Gasteiger partial charge in [0.25, 0.3) is 0 Å². The minimum Gasteiger partial charge on any atom is -0.494 e. The summed E-state index contributed by atoms with van der Waals surface area (Å²) in [5, 5.41) is 12.8. The lowest BCUT2D eigenvalue weighted by atomic mass is 10.2. The number of carbonyl (C=O) groups excluding carboxylic acids is 1. The summed E-state index contributed by atoms with van der Waals surface area (Å²) in [6, 6.07) is 12.7. The van der Waals surface area contributed by atoms with Crippen LogP contribution in [0.3, 0.4) is 0 Å². The normalized spacial score (nSPS) is 10.8. The van der Waals surface area contributed by atoms with Crippen molar-refractivity contribution in [3.63, 3.8) is 0 Å². The highest BCUT2D eigenvalue weighted by Gasteiger charge is 2.14. The Kier molecular flexibility index (Phi) is 8.01. The number of benzene rings is 2. The van der Waals surface area contributed by atoms with E-state index in [9.17, 15) is 4.79 Å². The number of carbonyl (C=O) groups is 1. The molecule has 0 fully saturated rings. The van der Waals surface area contributed by atoms with Gasteiger partial charge >= 0.3 is 0 Å². The molecule has 1 N–H and O–H groups in total. The van der Waals surface area contributed by atoms with Gasteiger partial charge in [-0.15, -0.1) is 10.2 Å². The van der Waals surface area contributed by atoms with Gasteiger partial charge < -0.3 is 14.6 Å². The Bertz CT molecular complexity index is 1010. The molecule has 3 rings (SSSR count). The molecule has 0 aliphatic carbocycles. The third kappa shape index (κ3) is 5.90. The molecular formula is C21H22Cl2N4O2S. The van der Waals surface area contributed by atoms with E-state index in [0.29, 0.717) is 27.5 Å². The molecule has 158 valence electrons. The molecule has 0 bridgehead atoms. The van der Waals surface area contributed by atoms with Gasteiger partial charge in [0.15, 0.2) is 11.0 Å². The highest BCUT2D eigenvalue weighted by Crippen LogP contribution is 2.27. The zero-order valence-electron chi connectivity index (χ0n) is 16.7. The van der Waals surface area contributed by atoms with Gasteiger partial charge in [0.1, 0.15) is 5.75 Å². The maximum absolute atomic E-state index is 12.3. The zero-order chi connectivity index (χ0) is 21.5. The second-order valence-electron chi connectivity index (χ2n) is 6.55. The number of nitrogens with one attached hydrogen (secondary N) is 1. The van der Waals surface area contributed by atoms with Crippen molar-refractivity contribution in [3.05, 3.63) is 52.5 Å². The van der Waals surface area contributed by atoms with Crippen LogP contribution < -0.4 is 10.1 Å². The van der Waals surface area contributed by atoms with E-state index >= 15 is 0 Å². The van der Waals surface area contributed by atoms with Crippen LogP contribution in [0.2, 0.25) is 10.0 Å². The Morgan fingerprint density at radius 3 is 2.67 bits per heavy atom. The molecule has 1 amide bonds. The van der Waals surface area contributed by atoms with Crippen molar-refractivity contribution < 1.29 is 9.53 Å². The standard InChI is InChI=1S/C21H22Cl2N4O2S/c1-3-4-11-29-16-8-5-14(6-9-16)20-25-26-21(27(20)2)30-13-19(28)24-18-12-15(22)7-10-17(18)23/h5-10,12H,3-4,11,13H2,1-2H3,(H,24,28). The molecule has 0 radical (unpaired) electrons. The Morgan fingerprint density at radius 1 is 1.17 bits per heavy atom. The summed E-state index contributed by atoms with van der Waals surface area (Å²) >= 11 is 13.3. The molecule has 0 aliphatic heterocycles. The van der Waals surface area contributed by atoms with Crippen molar-refractivity contribution in [2.24, 2.45) is 7.05 Å². The number of aromatic nitrogens is 3. The number of anilines is 1. The number of ether oxygens (including phenoxy) is 1. The van der Waals surface area contributed by atoms with Gasteiger partial charge in [-0.05, 0) is 48.9 Å². The molecule has 1 aromatic heterocycles. The number of nitrogens with zero attached hydrogens (tertiary/aromatic N) is 3. The predicted octanol–water partition coefficient (Wildman–Crippen LogP) is 5.70. The number of thioether (sulfide) groups is 1. The van der Waals surface area contributed by atoms with E-state index in [1.807, 2.05) is 35.9 Å². The number of amides is 1. The highest BCUT2D eigenvalue weighted by atomic mass is 35.5. The molecule has 0 atom stereocenters. The van der Waals surface area contributed by atoms with Crippen LogP contribution in [0.1, 0.15) is 19.8 Å². The maximum Gasteiger partial charge on any atom is 0.234 e. The number of hydrogen-bond donors (Lipinski definition) is 1. The fourth-order valence-corrected chi connectivity index (χ4v) is 3.68. The molecule has 0 saturated carbocycles. The number of halogens is 2. The first-order chi connectivity index (χ1) is 14.5. The first-order valence-corrected chi connectivity index (χ1v) is 11.2. The predicted molar refractivity (Wildman–Crippen MR) is 123 cm³/mol. The molecule has 30 heavy (non-hydrogen) atoms. The minimum absolute atomic E-state index is 0.166. The summed E-state index contributed by atoms with van der Waals surface area (Å²) in [4.78, 5) is 12.3. The van der Waals surface area contributed by atoms with Crippen LogP contribution in [-0.2, 0) is 11.8 Å². The Labute approximate surface area is 189 Å². The van der Waals surface area contributed by atoms with E-state index in [0.717, 1.165) is 30.0 Å². The van der Waals surface area contributed by atoms with Crippen LogP contribution in [-0.4, -0.2) is 33.0 Å². The average Bonchev–Trinajstić information content (AvgIpc) is 3.10. The zero-order valence-corrected chi connectivity index (χ0v) is 19.0. The lowest BCUT2D eigenvalue weighted by Gasteiger charge is -2.08. The van der Waals surface area contributed by atoms with Gasteiger partial charge in [0.2, 0.25) is 5.91 Å². The van der Waals surface area contributed by atoms with E-state index in [-0.39, 0.29) is 11.7 Å². The Balaban J connectivity index is 1.60. The maximum atomic E-state index is 12.3. The first-order valence-electron chi connectivity index (χ1n) is 9.48. The van der Waals surface area contributed by atoms with Crippen molar-refractivity contribution in [1.82, 2.24) is 14.8 Å². The Morgan fingerprint density at radius 2 is 1.93 bits per heavy atom. The van der Waals surface area contributed by atoms with E-state index < -0.39 is 0 Å². The van der Waals surface area contributed by atoms with Gasteiger partial charge in [-0.1, -0.05) is 48.3 Å². The number of rotatable bonds is 9. The molecule has 2 aromatic carbocycles. The van der Waals surface area contributed by atoms with Gasteiger partial charge in [0, 0.05) is 17.6 Å². The second kappa shape index (κ2) is 10.7. The first kappa shape index (κ1) is 22.5. The lowest BCUT2D eigenvalue weighted by Crippen LogP contribution is -2.14. The van der Waals surface area contributed by atoms with Crippen molar-refractivity contribution in [3.8, 4) is 17.1 Å². The Hall–Kier alpha value is -2.22. The molecule has 0 saturated heterocycles. The minimum atomic E-state index is -0.206. The van der Waals surface area contributed by atoms with Crippen molar-refractivity contribution in [2.45, 2.75) is 24.9 Å². The van der Waals surface area contributed by atoms with Crippen LogP contribution in [0.25, 0.3) is 11.4 Å². The topological polar surface area (TPSA) is 69.0 Å². The molecule has 0 unspecified atom stereocenters. The van der Waals surface area contributed by atoms with Gasteiger partial charge in [0.05, 0.1) is 23.1 Å².